The maximum Gasteiger partial charge on any atom is 0.331 e. The Bertz CT molecular complexity index is 1860. The predicted octanol–water partition coefficient (Wildman–Crippen LogP) is 8.11. The summed E-state index contributed by atoms with van der Waals surface area (Å²) in [6, 6.07) is 43.5. The quantitative estimate of drug-likeness (QED) is 0.191. The molecule has 5 aromatic carbocycles. The maximum atomic E-state index is 10.6. The summed E-state index contributed by atoms with van der Waals surface area (Å²) in [5.74, 6) is 0.676. The van der Waals surface area contributed by atoms with Crippen molar-refractivity contribution in [3.05, 3.63) is 127 Å². The van der Waals surface area contributed by atoms with E-state index in [4.69, 9.17) is 14.6 Å². The number of fused-ring (bicyclic) bond motifs is 1. The summed E-state index contributed by atoms with van der Waals surface area (Å²) in [5, 5.41) is 12.7. The largest absolute Gasteiger partial charge is 0.427 e. The molecular weight excluding hydrogens is 527 g/mol. The Kier molecular flexibility index (Phi) is 7.70. The molecule has 0 aliphatic carbocycles. The number of rotatable bonds is 8. The van der Waals surface area contributed by atoms with Gasteiger partial charge in [0.2, 0.25) is 0 Å². The van der Waals surface area contributed by atoms with E-state index in [9.17, 15) is 5.11 Å². The molecule has 43 heavy (non-hydrogen) atoms. The topological polar surface area (TPSA) is 55.2 Å². The zero-order valence-corrected chi connectivity index (χ0v) is 25.0. The summed E-state index contributed by atoms with van der Waals surface area (Å²) in [5.41, 5.74) is 6.20. The molecule has 0 aliphatic heterocycles. The summed E-state index contributed by atoms with van der Waals surface area (Å²) in [6.45, 7) is 7.29. The van der Waals surface area contributed by atoms with E-state index in [1.165, 1.54) is 5.56 Å². The van der Waals surface area contributed by atoms with Gasteiger partial charge in [-0.25, -0.2) is 9.97 Å². The number of aromatic nitrogens is 2. The molecule has 0 aliphatic rings. The molecule has 5 heteroatoms. The van der Waals surface area contributed by atoms with Crippen LogP contribution in [0.5, 0.6) is 0 Å². The van der Waals surface area contributed by atoms with Gasteiger partial charge in [-0.3, -0.25) is 0 Å². The highest BCUT2D eigenvalue weighted by atomic mass is 16.5. The molecule has 0 atom stereocenters. The van der Waals surface area contributed by atoms with Crippen LogP contribution in [0.4, 0.5) is 0 Å². The summed E-state index contributed by atoms with van der Waals surface area (Å²) in [7, 11) is 1.75. The molecule has 0 saturated heterocycles. The molecule has 6 rings (SSSR count). The molecule has 211 valence electrons. The van der Waals surface area contributed by atoms with Crippen LogP contribution >= 0.6 is 0 Å². The monoisotopic (exact) mass is 561 g/mol. The van der Waals surface area contributed by atoms with Gasteiger partial charge in [0.05, 0.1) is 22.6 Å². The highest BCUT2D eigenvalue weighted by molar-refractivity contribution is 6.51. The van der Waals surface area contributed by atoms with Crippen molar-refractivity contribution in [3.8, 4) is 45.0 Å². The van der Waals surface area contributed by atoms with Gasteiger partial charge in [-0.2, -0.15) is 0 Å². The van der Waals surface area contributed by atoms with Gasteiger partial charge in [0.1, 0.15) is 0 Å². The molecule has 1 N–H and O–H groups in total. The summed E-state index contributed by atoms with van der Waals surface area (Å²) >= 11 is 0. The lowest BCUT2D eigenvalue weighted by Crippen LogP contribution is -2.49. The third kappa shape index (κ3) is 6.01. The molecule has 1 aromatic heterocycles. The van der Waals surface area contributed by atoms with E-state index < -0.39 is 11.2 Å². The first-order chi connectivity index (χ1) is 20.7. The van der Waals surface area contributed by atoms with Gasteiger partial charge in [-0.15, -0.1) is 0 Å². The van der Waals surface area contributed by atoms with Crippen LogP contribution < -0.4 is 5.46 Å². The van der Waals surface area contributed by atoms with E-state index >= 15 is 0 Å². The van der Waals surface area contributed by atoms with Crippen LogP contribution in [0.3, 0.4) is 0 Å². The van der Waals surface area contributed by atoms with Crippen molar-refractivity contribution in [1.82, 2.24) is 9.97 Å². The number of nitrogens with zero attached hydrogens (tertiary/aromatic N) is 2. The summed E-state index contributed by atoms with van der Waals surface area (Å²) < 4.78 is 6.13. The van der Waals surface area contributed by atoms with E-state index in [-0.39, 0.29) is 0 Å². The Hall–Kier alpha value is -4.58. The van der Waals surface area contributed by atoms with Crippen LogP contribution in [0.1, 0.15) is 27.7 Å². The standard InChI is InChI=1S/C38H34BN2O2/c1-37(2,42)38(3,4)43-39-33-24-23-32(30-17-11-12-18-31(30)33)35-25-34(40-36(41-35)29-15-9-6-10-16-29)28-21-19-27(20-22-28)26-13-7-5-8-14-26/h5-25,42H,1-4H3. The number of hydrogen-bond donors (Lipinski definition) is 1. The fraction of sp³-hybridized carbons (Fsp3) is 0.158. The number of aliphatic hydroxyl groups is 1. The van der Waals surface area contributed by atoms with E-state index in [2.05, 4.69) is 78.9 Å². The van der Waals surface area contributed by atoms with Crippen molar-refractivity contribution >= 4 is 23.7 Å². The minimum Gasteiger partial charge on any atom is -0.427 e. The third-order valence-corrected chi connectivity index (χ3v) is 8.23. The van der Waals surface area contributed by atoms with E-state index in [0.29, 0.717) is 5.82 Å². The van der Waals surface area contributed by atoms with Gasteiger partial charge in [-0.05, 0) is 61.1 Å². The normalized spacial score (nSPS) is 11.9. The van der Waals surface area contributed by atoms with Crippen LogP contribution in [-0.4, -0.2) is 33.8 Å². The lowest BCUT2D eigenvalue weighted by molar-refractivity contribution is -0.0893. The van der Waals surface area contributed by atoms with Gasteiger partial charge >= 0.3 is 7.48 Å². The molecule has 1 radical (unpaired) electrons. The molecular formula is C38H34BN2O2. The number of hydrogen-bond acceptors (Lipinski definition) is 4. The molecule has 0 saturated carbocycles. The lowest BCUT2D eigenvalue weighted by Gasteiger charge is -2.37. The van der Waals surface area contributed by atoms with Crippen molar-refractivity contribution in [1.29, 1.82) is 0 Å². The molecule has 0 bridgehead atoms. The van der Waals surface area contributed by atoms with Crippen LogP contribution in [-0.2, 0) is 4.65 Å². The Labute approximate surface area is 254 Å². The van der Waals surface area contributed by atoms with Crippen molar-refractivity contribution in [2.45, 2.75) is 38.9 Å². The van der Waals surface area contributed by atoms with Gasteiger partial charge in [0.15, 0.2) is 5.82 Å². The van der Waals surface area contributed by atoms with Crippen LogP contribution in [0, 0.1) is 0 Å². The van der Waals surface area contributed by atoms with Gasteiger partial charge in [-0.1, -0.05) is 121 Å². The third-order valence-electron chi connectivity index (χ3n) is 8.23. The highest BCUT2D eigenvalue weighted by Crippen LogP contribution is 2.33. The first-order valence-electron chi connectivity index (χ1n) is 14.6. The fourth-order valence-corrected chi connectivity index (χ4v) is 4.92. The van der Waals surface area contributed by atoms with E-state index in [0.717, 1.165) is 49.9 Å². The van der Waals surface area contributed by atoms with Gasteiger partial charge < -0.3 is 9.76 Å². The Balaban J connectivity index is 1.44. The average Bonchev–Trinajstić information content (AvgIpc) is 3.04. The van der Waals surface area contributed by atoms with Crippen LogP contribution in [0.25, 0.3) is 55.8 Å². The van der Waals surface area contributed by atoms with Gasteiger partial charge in [0.25, 0.3) is 0 Å². The lowest BCUT2D eigenvalue weighted by atomic mass is 9.79. The van der Waals surface area contributed by atoms with E-state index in [1.807, 2.05) is 62.4 Å². The number of benzene rings is 5. The second-order valence-corrected chi connectivity index (χ2v) is 11.8. The van der Waals surface area contributed by atoms with E-state index in [1.54, 1.807) is 21.3 Å². The Morgan fingerprint density at radius 1 is 0.558 bits per heavy atom. The zero-order chi connectivity index (χ0) is 30.0. The first kappa shape index (κ1) is 28.5. The minimum atomic E-state index is -1.01. The molecule has 6 aromatic rings. The van der Waals surface area contributed by atoms with Crippen molar-refractivity contribution in [3.63, 3.8) is 0 Å². The molecule has 1 heterocycles. The predicted molar refractivity (Wildman–Crippen MR) is 178 cm³/mol. The summed E-state index contributed by atoms with van der Waals surface area (Å²) in [6.07, 6.45) is 0. The van der Waals surface area contributed by atoms with Crippen molar-refractivity contribution in [2.75, 3.05) is 0 Å². The molecule has 0 fully saturated rings. The SMILES string of the molecule is CC(C)(O)C(C)(C)O[B]c1ccc(-c2cc(-c3ccc(-c4ccccc4)cc3)nc(-c3ccccc3)n2)c2ccccc12. The minimum absolute atomic E-state index is 0.676. The second-order valence-electron chi connectivity index (χ2n) is 11.8. The fourth-order valence-electron chi connectivity index (χ4n) is 4.92. The van der Waals surface area contributed by atoms with Crippen LogP contribution in [0.2, 0.25) is 0 Å². The molecule has 0 amide bonds. The molecule has 4 nitrogen and oxygen atoms in total. The Morgan fingerprint density at radius 2 is 1.09 bits per heavy atom. The smallest absolute Gasteiger partial charge is 0.331 e. The summed E-state index contributed by atoms with van der Waals surface area (Å²) in [4.78, 5) is 10.1. The second kappa shape index (κ2) is 11.6. The highest BCUT2D eigenvalue weighted by Gasteiger charge is 2.35. The maximum absolute atomic E-state index is 10.6. The van der Waals surface area contributed by atoms with Crippen LogP contribution in [0.15, 0.2) is 127 Å². The van der Waals surface area contributed by atoms with Crippen molar-refractivity contribution < 1.29 is 9.76 Å². The zero-order valence-electron chi connectivity index (χ0n) is 25.0. The first-order valence-corrected chi connectivity index (χ1v) is 14.6. The van der Waals surface area contributed by atoms with Crippen molar-refractivity contribution in [2.24, 2.45) is 0 Å². The molecule has 0 spiro atoms. The molecule has 0 unspecified atom stereocenters. The Morgan fingerprint density at radius 3 is 1.74 bits per heavy atom. The average molecular weight is 562 g/mol. The van der Waals surface area contributed by atoms with Gasteiger partial charge in [0, 0.05) is 16.7 Å².